The molecule has 2 aliphatic rings. The first-order valence-electron chi connectivity index (χ1n) is 17.2. The summed E-state index contributed by atoms with van der Waals surface area (Å²) < 4.78 is 42.8. The zero-order chi connectivity index (χ0) is 34.9. The molecule has 0 amide bonds. The smallest absolute Gasteiger partial charge is 0.264 e. The number of aromatic nitrogens is 4. The van der Waals surface area contributed by atoms with Crippen LogP contribution in [0.5, 0.6) is 5.88 Å². The molecule has 0 radical (unpaired) electrons. The van der Waals surface area contributed by atoms with E-state index >= 15 is 0 Å². The summed E-state index contributed by atoms with van der Waals surface area (Å²) in [6.45, 7) is 18.3. The van der Waals surface area contributed by atoms with Gasteiger partial charge in [-0.25, -0.2) is 28.1 Å². The highest BCUT2D eigenvalue weighted by Gasteiger charge is 2.32. The molecule has 49 heavy (non-hydrogen) atoms. The van der Waals surface area contributed by atoms with Crippen LogP contribution in [0, 0.1) is 25.2 Å². The Hall–Kier alpha value is -4.09. The number of rotatable bonds is 6. The van der Waals surface area contributed by atoms with Gasteiger partial charge in [0.05, 0.1) is 48.5 Å². The largest absolute Gasteiger partial charge is 0.477 e. The molecule has 0 saturated carbocycles. The third-order valence-electron chi connectivity index (χ3n) is 9.44. The Kier molecular flexibility index (Phi) is 9.95. The van der Waals surface area contributed by atoms with E-state index in [0.717, 1.165) is 53.0 Å². The molecule has 6 rings (SSSR count). The van der Waals surface area contributed by atoms with Crippen molar-refractivity contribution in [2.75, 3.05) is 42.5 Å². The maximum atomic E-state index is 14.0. The molecule has 4 heterocycles. The van der Waals surface area contributed by atoms with Crippen molar-refractivity contribution < 1.29 is 17.9 Å². The summed E-state index contributed by atoms with van der Waals surface area (Å²) in [5, 5.41) is 0. The van der Waals surface area contributed by atoms with Crippen molar-refractivity contribution in [1.29, 1.82) is 0 Å². The van der Waals surface area contributed by atoms with Gasteiger partial charge >= 0.3 is 0 Å². The number of aryl methyl sites for hydroxylation is 1. The van der Waals surface area contributed by atoms with Crippen molar-refractivity contribution in [2.24, 2.45) is 11.3 Å². The van der Waals surface area contributed by atoms with Crippen LogP contribution in [0.1, 0.15) is 81.0 Å². The molecule has 4 bridgehead atoms. The molecule has 2 aliphatic heterocycles. The summed E-state index contributed by atoms with van der Waals surface area (Å²) in [5.41, 5.74) is 6.40. The van der Waals surface area contributed by atoms with Crippen LogP contribution >= 0.6 is 0 Å². The van der Waals surface area contributed by atoms with E-state index in [0.29, 0.717) is 43.6 Å². The molecular formula is C38H48N6O4S. The number of sulfonamides is 1. The van der Waals surface area contributed by atoms with Crippen LogP contribution in [0.2, 0.25) is 0 Å². The lowest BCUT2D eigenvalue weighted by Gasteiger charge is -2.33. The maximum absolute atomic E-state index is 14.0. The van der Waals surface area contributed by atoms with Crippen molar-refractivity contribution in [3.05, 3.63) is 82.9 Å². The highest BCUT2D eigenvalue weighted by atomic mass is 32.2. The molecule has 10 nitrogen and oxygen atoms in total. The first-order chi connectivity index (χ1) is 23.3. The third-order valence-corrected chi connectivity index (χ3v) is 10.8. The van der Waals surface area contributed by atoms with Gasteiger partial charge in [-0.2, -0.15) is 4.98 Å². The van der Waals surface area contributed by atoms with E-state index in [1.54, 1.807) is 18.2 Å². The summed E-state index contributed by atoms with van der Waals surface area (Å²) in [6.07, 6.45) is 5.10. The van der Waals surface area contributed by atoms with Gasteiger partial charge in [0, 0.05) is 36.6 Å². The lowest BCUT2D eigenvalue weighted by atomic mass is 9.75. The van der Waals surface area contributed by atoms with Crippen LogP contribution in [0.4, 0.5) is 11.6 Å². The predicted octanol–water partition coefficient (Wildman–Crippen LogP) is 7.08. The topological polar surface area (TPSA) is 119 Å². The second kappa shape index (κ2) is 14.0. The van der Waals surface area contributed by atoms with E-state index in [4.69, 9.17) is 24.4 Å². The Morgan fingerprint density at radius 1 is 1.00 bits per heavy atom. The van der Waals surface area contributed by atoms with Crippen LogP contribution in [-0.2, 0) is 21.2 Å². The number of hydrogen-bond donors (Lipinski definition) is 1. The number of benzene rings is 2. The first-order valence-corrected chi connectivity index (χ1v) is 18.6. The van der Waals surface area contributed by atoms with E-state index in [1.165, 1.54) is 0 Å². The van der Waals surface area contributed by atoms with E-state index < -0.39 is 10.0 Å². The molecule has 260 valence electrons. The van der Waals surface area contributed by atoms with E-state index in [1.807, 2.05) is 31.5 Å². The first kappa shape index (κ1) is 34.8. The second-order valence-corrected chi connectivity index (χ2v) is 16.5. The fourth-order valence-corrected chi connectivity index (χ4v) is 7.99. The van der Waals surface area contributed by atoms with E-state index in [2.05, 4.69) is 68.3 Å². The number of morpholine rings is 1. The van der Waals surface area contributed by atoms with Gasteiger partial charge in [0.15, 0.2) is 0 Å². The number of nitrogens with zero attached hydrogens (tertiary/aromatic N) is 5. The second-order valence-electron chi connectivity index (χ2n) is 14.8. The molecule has 4 aromatic rings. The average molecular weight is 685 g/mol. The fourth-order valence-electron chi connectivity index (χ4n) is 6.99. The van der Waals surface area contributed by atoms with Crippen molar-refractivity contribution in [3.63, 3.8) is 0 Å². The molecule has 11 heteroatoms. The quantitative estimate of drug-likeness (QED) is 0.227. The Morgan fingerprint density at radius 2 is 1.71 bits per heavy atom. The molecule has 2 aromatic carbocycles. The van der Waals surface area contributed by atoms with Crippen molar-refractivity contribution >= 4 is 21.7 Å². The summed E-state index contributed by atoms with van der Waals surface area (Å²) in [6, 6.07) is 13.4. The standard InChI is InChI=1S/C38H48N6O4S/c1-24(2)31-13-8-10-25(3)34(31)35-26(4)36-42-37(41-35)43-49(45,46)30-12-9-11-27(18-30)32(28(23-48-36)20-38(5,6)7)19-33-39-21-29(22-40-33)44-14-16-47-17-15-44/h8-13,18,21-22,24,28,32H,14-17,19-20,23H2,1-7H3,(H,41,42,43)/t28-,32?/m1/s1. The van der Waals surface area contributed by atoms with Crippen LogP contribution in [-0.4, -0.2) is 61.3 Å². The fraction of sp³-hybridized carbons (Fsp3) is 0.474. The highest BCUT2D eigenvalue weighted by molar-refractivity contribution is 7.92. The monoisotopic (exact) mass is 684 g/mol. The van der Waals surface area contributed by atoms with Crippen molar-refractivity contribution in [1.82, 2.24) is 19.9 Å². The Morgan fingerprint density at radius 3 is 2.41 bits per heavy atom. The molecule has 0 aliphatic carbocycles. The number of anilines is 2. The van der Waals surface area contributed by atoms with E-state index in [9.17, 15) is 8.42 Å². The minimum Gasteiger partial charge on any atom is -0.477 e. The predicted molar refractivity (Wildman–Crippen MR) is 193 cm³/mol. The zero-order valence-electron chi connectivity index (χ0n) is 29.7. The SMILES string of the molecule is Cc1cccc(C(C)C)c1-c1nc2nc(c1C)OC[C@@H](CC(C)(C)C)C(Cc1ncc(N3CCOCC3)cn1)c1cccc(c1)S(=O)(=O)N2. The Balaban J connectivity index is 1.45. The average Bonchev–Trinajstić information content (AvgIpc) is 3.06. The summed E-state index contributed by atoms with van der Waals surface area (Å²) >= 11 is 0. The molecule has 1 unspecified atom stereocenters. The summed E-state index contributed by atoms with van der Waals surface area (Å²) in [7, 11) is -4.04. The van der Waals surface area contributed by atoms with Gasteiger partial charge in [0.2, 0.25) is 11.8 Å². The number of nitrogens with one attached hydrogen (secondary N) is 1. The maximum Gasteiger partial charge on any atom is 0.264 e. The molecule has 1 saturated heterocycles. The van der Waals surface area contributed by atoms with Gasteiger partial charge in [0.25, 0.3) is 10.0 Å². The molecule has 1 fully saturated rings. The molecule has 0 spiro atoms. The van der Waals surface area contributed by atoms with Crippen LogP contribution in [0.3, 0.4) is 0 Å². The minimum absolute atomic E-state index is 0.0150. The van der Waals surface area contributed by atoms with Gasteiger partial charge in [-0.05, 0) is 66.3 Å². The molecule has 1 N–H and O–H groups in total. The minimum atomic E-state index is -4.04. The lowest BCUT2D eigenvalue weighted by Crippen LogP contribution is -2.36. The van der Waals surface area contributed by atoms with Gasteiger partial charge in [-0.1, -0.05) is 65.0 Å². The normalized spacial score (nSPS) is 19.4. The molecule has 2 aromatic heterocycles. The van der Waals surface area contributed by atoms with Gasteiger partial charge in [-0.3, -0.25) is 0 Å². The van der Waals surface area contributed by atoms with E-state index in [-0.39, 0.29) is 34.0 Å². The summed E-state index contributed by atoms with van der Waals surface area (Å²) in [4.78, 5) is 21.5. The van der Waals surface area contributed by atoms with Gasteiger partial charge in [-0.15, -0.1) is 0 Å². The number of ether oxygens (including phenoxy) is 2. The third kappa shape index (κ3) is 7.88. The molecule has 2 atom stereocenters. The Bertz CT molecular complexity index is 1900. The Labute approximate surface area is 290 Å². The van der Waals surface area contributed by atoms with Crippen molar-refractivity contribution in [3.8, 4) is 17.1 Å². The van der Waals surface area contributed by atoms with Crippen LogP contribution in [0.25, 0.3) is 11.3 Å². The van der Waals surface area contributed by atoms with Gasteiger partial charge in [0.1, 0.15) is 5.82 Å². The zero-order valence-corrected chi connectivity index (χ0v) is 30.5. The molecular weight excluding hydrogens is 637 g/mol. The van der Waals surface area contributed by atoms with Gasteiger partial charge < -0.3 is 14.4 Å². The van der Waals surface area contributed by atoms with Crippen LogP contribution in [0.15, 0.2) is 59.8 Å². The summed E-state index contributed by atoms with van der Waals surface area (Å²) in [5.74, 6) is 1.13. The van der Waals surface area contributed by atoms with Crippen molar-refractivity contribution in [2.45, 2.75) is 78.0 Å². The highest BCUT2D eigenvalue weighted by Crippen LogP contribution is 2.40. The number of fused-ring (bicyclic) bond motifs is 4. The lowest BCUT2D eigenvalue weighted by molar-refractivity contribution is 0.122. The number of hydrogen-bond acceptors (Lipinski definition) is 9. The van der Waals surface area contributed by atoms with Crippen LogP contribution < -0.4 is 14.4 Å².